The summed E-state index contributed by atoms with van der Waals surface area (Å²) in [6.07, 6.45) is 1.42. The number of fused-ring (bicyclic) bond motifs is 1. The van der Waals surface area contributed by atoms with Gasteiger partial charge in [0.2, 0.25) is 11.3 Å². The molecule has 2 aromatic carbocycles. The molecule has 2 aromatic heterocycles. The van der Waals surface area contributed by atoms with Gasteiger partial charge < -0.3 is 5.32 Å². The summed E-state index contributed by atoms with van der Waals surface area (Å²) in [4.78, 5) is 24.8. The Morgan fingerprint density at radius 3 is 2.53 bits per heavy atom. The van der Waals surface area contributed by atoms with E-state index < -0.39 is 0 Å². The summed E-state index contributed by atoms with van der Waals surface area (Å²) in [6.45, 7) is 6.40. The molecular weight excluding hydrogens is 409 g/mol. The number of carbonyl (C=O) groups is 1. The van der Waals surface area contributed by atoms with Gasteiger partial charge in [-0.2, -0.15) is 10.2 Å². The van der Waals surface area contributed by atoms with Crippen molar-refractivity contribution in [1.29, 1.82) is 0 Å². The van der Waals surface area contributed by atoms with Gasteiger partial charge in [0.25, 0.3) is 0 Å². The zero-order valence-electron chi connectivity index (χ0n) is 18.2. The van der Waals surface area contributed by atoms with Crippen LogP contribution in [0.25, 0.3) is 16.6 Å². The molecule has 1 N–H and O–H groups in total. The van der Waals surface area contributed by atoms with Crippen molar-refractivity contribution >= 4 is 22.6 Å². The zero-order chi connectivity index (χ0) is 22.9. The van der Waals surface area contributed by atoms with Crippen LogP contribution < -0.4 is 10.7 Å². The number of halogens is 1. The standard InChI is InChI=1S/C24H24FN5O2/c1-24(2,3)21-14-22(30(28-21)17-10-8-16(25)9-11-17)27-23(32)12-13-29-19-7-5-4-6-18(19)20(31)15-26-29/h4-11,14-15H,12-13H2,1-3H3,(H,27,32). The first-order valence-corrected chi connectivity index (χ1v) is 10.3. The molecule has 4 rings (SSSR count). The lowest BCUT2D eigenvalue weighted by Crippen LogP contribution is -2.19. The molecule has 4 aromatic rings. The van der Waals surface area contributed by atoms with Crippen molar-refractivity contribution in [3.8, 4) is 5.69 Å². The molecule has 2 heterocycles. The molecule has 0 unspecified atom stereocenters. The van der Waals surface area contributed by atoms with Crippen molar-refractivity contribution in [2.24, 2.45) is 0 Å². The molecule has 0 aliphatic carbocycles. The molecule has 8 heteroatoms. The first kappa shape index (κ1) is 21.4. The minimum absolute atomic E-state index is 0.152. The summed E-state index contributed by atoms with van der Waals surface area (Å²) in [7, 11) is 0. The molecule has 164 valence electrons. The Bertz CT molecular complexity index is 1330. The Morgan fingerprint density at radius 1 is 1.09 bits per heavy atom. The Morgan fingerprint density at radius 2 is 1.81 bits per heavy atom. The summed E-state index contributed by atoms with van der Waals surface area (Å²) in [5.74, 6) is -0.0639. The molecule has 0 fully saturated rings. The average Bonchev–Trinajstić information content (AvgIpc) is 3.18. The Hall–Kier alpha value is -3.81. The molecule has 0 atom stereocenters. The quantitative estimate of drug-likeness (QED) is 0.515. The van der Waals surface area contributed by atoms with E-state index >= 15 is 0 Å². The van der Waals surface area contributed by atoms with Gasteiger partial charge in [-0.1, -0.05) is 32.9 Å². The minimum atomic E-state index is -0.344. The van der Waals surface area contributed by atoms with E-state index in [2.05, 4.69) is 15.5 Å². The van der Waals surface area contributed by atoms with Gasteiger partial charge in [-0.05, 0) is 36.4 Å². The van der Waals surface area contributed by atoms with Crippen molar-refractivity contribution in [1.82, 2.24) is 19.6 Å². The van der Waals surface area contributed by atoms with Gasteiger partial charge in [0.1, 0.15) is 11.6 Å². The molecule has 0 aliphatic rings. The molecule has 0 saturated heterocycles. The van der Waals surface area contributed by atoms with E-state index in [4.69, 9.17) is 0 Å². The predicted molar refractivity (Wildman–Crippen MR) is 121 cm³/mol. The lowest BCUT2D eigenvalue weighted by Gasteiger charge is -2.14. The summed E-state index contributed by atoms with van der Waals surface area (Å²) in [5, 5.41) is 12.3. The number of aromatic nitrogens is 4. The van der Waals surface area contributed by atoms with Gasteiger partial charge >= 0.3 is 0 Å². The molecule has 0 radical (unpaired) electrons. The van der Waals surface area contributed by atoms with E-state index in [1.54, 1.807) is 39.7 Å². The minimum Gasteiger partial charge on any atom is -0.311 e. The van der Waals surface area contributed by atoms with Crippen molar-refractivity contribution in [2.75, 3.05) is 5.32 Å². The largest absolute Gasteiger partial charge is 0.311 e. The van der Waals surface area contributed by atoms with Crippen LogP contribution >= 0.6 is 0 Å². The Balaban J connectivity index is 1.57. The number of carbonyl (C=O) groups excluding carboxylic acids is 1. The third-order valence-electron chi connectivity index (χ3n) is 5.13. The lowest BCUT2D eigenvalue weighted by molar-refractivity contribution is -0.116. The van der Waals surface area contributed by atoms with E-state index in [1.165, 1.54) is 18.3 Å². The summed E-state index contributed by atoms with van der Waals surface area (Å²) < 4.78 is 16.6. The van der Waals surface area contributed by atoms with Gasteiger partial charge in [0, 0.05) is 23.3 Å². The van der Waals surface area contributed by atoms with Crippen LogP contribution in [0.5, 0.6) is 0 Å². The van der Waals surface area contributed by atoms with Crippen LogP contribution in [0.2, 0.25) is 0 Å². The van der Waals surface area contributed by atoms with Crippen LogP contribution in [-0.4, -0.2) is 25.5 Å². The molecule has 7 nitrogen and oxygen atoms in total. The SMILES string of the molecule is CC(C)(C)c1cc(NC(=O)CCn2ncc(=O)c3ccccc32)n(-c2ccc(F)cc2)n1. The average molecular weight is 433 g/mol. The number of rotatable bonds is 5. The van der Waals surface area contributed by atoms with Crippen LogP contribution in [0.3, 0.4) is 0 Å². The first-order valence-electron chi connectivity index (χ1n) is 10.3. The fourth-order valence-electron chi connectivity index (χ4n) is 3.37. The number of para-hydroxylation sites is 1. The van der Waals surface area contributed by atoms with Crippen molar-refractivity contribution < 1.29 is 9.18 Å². The summed E-state index contributed by atoms with van der Waals surface area (Å²) in [5.41, 5.74) is 1.73. The molecule has 0 bridgehead atoms. The molecule has 0 aliphatic heterocycles. The number of nitrogens with zero attached hydrogens (tertiary/aromatic N) is 4. The first-order chi connectivity index (χ1) is 15.2. The normalized spacial score (nSPS) is 11.6. The van der Waals surface area contributed by atoms with Gasteiger partial charge in [-0.3, -0.25) is 14.3 Å². The second kappa shape index (κ2) is 8.37. The number of nitrogens with one attached hydrogen (secondary N) is 1. The zero-order valence-corrected chi connectivity index (χ0v) is 18.2. The molecule has 0 spiro atoms. The lowest BCUT2D eigenvalue weighted by atomic mass is 9.92. The number of benzene rings is 2. The highest BCUT2D eigenvalue weighted by molar-refractivity contribution is 5.90. The van der Waals surface area contributed by atoms with Crippen LogP contribution in [-0.2, 0) is 16.8 Å². The van der Waals surface area contributed by atoms with Gasteiger partial charge in [-0.25, -0.2) is 9.07 Å². The molecule has 32 heavy (non-hydrogen) atoms. The number of hydrogen-bond donors (Lipinski definition) is 1. The maximum Gasteiger partial charge on any atom is 0.227 e. The van der Waals surface area contributed by atoms with Crippen LogP contribution in [0.4, 0.5) is 10.2 Å². The number of hydrogen-bond acceptors (Lipinski definition) is 4. The van der Waals surface area contributed by atoms with Crippen molar-refractivity contribution in [3.05, 3.63) is 82.5 Å². The fraction of sp³-hybridized carbons (Fsp3) is 0.250. The van der Waals surface area contributed by atoms with E-state index in [9.17, 15) is 14.0 Å². The van der Waals surface area contributed by atoms with E-state index in [-0.39, 0.29) is 29.0 Å². The summed E-state index contributed by atoms with van der Waals surface area (Å²) >= 11 is 0. The Kier molecular flexibility index (Phi) is 5.61. The monoisotopic (exact) mass is 433 g/mol. The van der Waals surface area contributed by atoms with Crippen LogP contribution in [0.15, 0.2) is 65.6 Å². The number of amides is 1. The molecule has 1 amide bonds. The van der Waals surface area contributed by atoms with E-state index in [0.29, 0.717) is 29.0 Å². The highest BCUT2D eigenvalue weighted by Gasteiger charge is 2.21. The van der Waals surface area contributed by atoms with Gasteiger partial charge in [0.15, 0.2) is 0 Å². The van der Waals surface area contributed by atoms with Crippen LogP contribution in [0.1, 0.15) is 32.9 Å². The van der Waals surface area contributed by atoms with Crippen LogP contribution in [0, 0.1) is 5.82 Å². The topological polar surface area (TPSA) is 81.8 Å². The second-order valence-electron chi connectivity index (χ2n) is 8.60. The number of anilines is 1. The van der Waals surface area contributed by atoms with E-state index in [0.717, 1.165) is 5.69 Å². The van der Waals surface area contributed by atoms with E-state index in [1.807, 2.05) is 32.9 Å². The third-order valence-corrected chi connectivity index (χ3v) is 5.13. The molecular formula is C24H24FN5O2. The predicted octanol–water partition coefficient (Wildman–Crippen LogP) is 4.05. The van der Waals surface area contributed by atoms with Crippen molar-refractivity contribution in [2.45, 2.75) is 39.2 Å². The highest BCUT2D eigenvalue weighted by Crippen LogP contribution is 2.26. The van der Waals surface area contributed by atoms with Gasteiger partial charge in [-0.15, -0.1) is 0 Å². The smallest absolute Gasteiger partial charge is 0.227 e. The highest BCUT2D eigenvalue weighted by atomic mass is 19.1. The maximum absolute atomic E-state index is 13.4. The van der Waals surface area contributed by atoms with Gasteiger partial charge in [0.05, 0.1) is 29.6 Å². The number of aryl methyl sites for hydroxylation is 1. The fourth-order valence-corrected chi connectivity index (χ4v) is 3.37. The third kappa shape index (κ3) is 4.44. The Labute approximate surface area is 184 Å². The van der Waals surface area contributed by atoms with Crippen molar-refractivity contribution in [3.63, 3.8) is 0 Å². The maximum atomic E-state index is 13.4. The second-order valence-corrected chi connectivity index (χ2v) is 8.60. The molecule has 0 saturated carbocycles. The summed E-state index contributed by atoms with van der Waals surface area (Å²) in [6, 6.07) is 14.9.